The first-order valence-electron chi connectivity index (χ1n) is 4.59. The quantitative estimate of drug-likeness (QED) is 0.660. The zero-order chi connectivity index (χ0) is 9.97. The number of nitrogens with zero attached hydrogens (tertiary/aromatic N) is 3. The van der Waals surface area contributed by atoms with Crippen molar-refractivity contribution in [2.75, 3.05) is 13.1 Å². The number of carbonyl (C=O) groups excluding carboxylic acids is 1. The van der Waals surface area contributed by atoms with Gasteiger partial charge in [-0.05, 0) is 12.5 Å². The molecule has 14 heavy (non-hydrogen) atoms. The number of aromatic nitrogens is 2. The first kappa shape index (κ1) is 9.08. The molecule has 2 rings (SSSR count). The van der Waals surface area contributed by atoms with Crippen LogP contribution in [0.4, 0.5) is 0 Å². The van der Waals surface area contributed by atoms with Crippen LogP contribution in [0.25, 0.3) is 0 Å². The Morgan fingerprint density at radius 1 is 1.50 bits per heavy atom. The number of nitrogens with two attached hydrogens (primary N) is 1. The van der Waals surface area contributed by atoms with Gasteiger partial charge in [-0.25, -0.2) is 9.97 Å². The Labute approximate surface area is 82.0 Å². The van der Waals surface area contributed by atoms with E-state index < -0.39 is 0 Å². The van der Waals surface area contributed by atoms with Gasteiger partial charge in [0.2, 0.25) is 5.82 Å². The standard InChI is InChI=1S/C9H12N4O/c10-7-2-5-13(6-7)9(14)8-11-3-1-4-12-8/h1,3-4,7H,2,5-6,10H2. The molecule has 1 aliphatic heterocycles. The summed E-state index contributed by atoms with van der Waals surface area (Å²) in [6, 6.07) is 1.79. The van der Waals surface area contributed by atoms with Gasteiger partial charge in [-0.1, -0.05) is 0 Å². The van der Waals surface area contributed by atoms with Crippen molar-refractivity contribution in [1.29, 1.82) is 0 Å². The summed E-state index contributed by atoms with van der Waals surface area (Å²) in [6.07, 6.45) is 3.99. The topological polar surface area (TPSA) is 72.1 Å². The molecule has 0 bridgehead atoms. The molecule has 0 saturated carbocycles. The van der Waals surface area contributed by atoms with Gasteiger partial charge >= 0.3 is 0 Å². The van der Waals surface area contributed by atoms with Gasteiger partial charge in [-0.3, -0.25) is 4.79 Å². The van der Waals surface area contributed by atoms with E-state index in [2.05, 4.69) is 9.97 Å². The van der Waals surface area contributed by atoms with E-state index in [1.807, 2.05) is 0 Å². The normalized spacial score (nSPS) is 21.2. The van der Waals surface area contributed by atoms with Crippen molar-refractivity contribution in [2.45, 2.75) is 12.5 Å². The van der Waals surface area contributed by atoms with Gasteiger partial charge in [0.1, 0.15) is 0 Å². The third-order valence-electron chi connectivity index (χ3n) is 2.27. The molecule has 5 nitrogen and oxygen atoms in total. The minimum atomic E-state index is -0.126. The lowest BCUT2D eigenvalue weighted by atomic mass is 10.3. The molecule has 0 aromatic carbocycles. The number of carbonyl (C=O) groups is 1. The molecule has 0 aliphatic carbocycles. The van der Waals surface area contributed by atoms with Gasteiger partial charge in [0, 0.05) is 31.5 Å². The summed E-state index contributed by atoms with van der Waals surface area (Å²) < 4.78 is 0. The van der Waals surface area contributed by atoms with E-state index in [9.17, 15) is 4.79 Å². The van der Waals surface area contributed by atoms with Crippen LogP contribution in [0.2, 0.25) is 0 Å². The van der Waals surface area contributed by atoms with Crippen LogP contribution in [0.15, 0.2) is 18.5 Å². The van der Waals surface area contributed by atoms with Crippen LogP contribution in [0.1, 0.15) is 17.0 Å². The lowest BCUT2D eigenvalue weighted by Gasteiger charge is -2.13. The van der Waals surface area contributed by atoms with Crippen LogP contribution in [0.5, 0.6) is 0 Å². The number of rotatable bonds is 1. The van der Waals surface area contributed by atoms with Crippen LogP contribution < -0.4 is 5.73 Å². The monoisotopic (exact) mass is 192 g/mol. The maximum atomic E-state index is 11.7. The minimum absolute atomic E-state index is 0.0997. The van der Waals surface area contributed by atoms with Crippen LogP contribution in [-0.4, -0.2) is 39.9 Å². The highest BCUT2D eigenvalue weighted by Crippen LogP contribution is 2.09. The van der Waals surface area contributed by atoms with Crippen molar-refractivity contribution in [3.05, 3.63) is 24.3 Å². The summed E-state index contributed by atoms with van der Waals surface area (Å²) in [7, 11) is 0. The van der Waals surface area contributed by atoms with Gasteiger partial charge in [0.15, 0.2) is 0 Å². The van der Waals surface area contributed by atoms with Crippen LogP contribution in [0, 0.1) is 0 Å². The molecule has 1 aromatic rings. The average Bonchev–Trinajstić information content (AvgIpc) is 2.65. The fourth-order valence-corrected chi connectivity index (χ4v) is 1.52. The molecule has 1 unspecified atom stereocenters. The first-order chi connectivity index (χ1) is 6.77. The largest absolute Gasteiger partial charge is 0.334 e. The highest BCUT2D eigenvalue weighted by molar-refractivity contribution is 5.90. The van der Waals surface area contributed by atoms with Gasteiger partial charge in [-0.2, -0.15) is 0 Å². The zero-order valence-corrected chi connectivity index (χ0v) is 7.76. The van der Waals surface area contributed by atoms with Gasteiger partial charge < -0.3 is 10.6 Å². The van der Waals surface area contributed by atoms with Crippen LogP contribution >= 0.6 is 0 Å². The fraction of sp³-hybridized carbons (Fsp3) is 0.444. The second-order valence-corrected chi connectivity index (χ2v) is 3.37. The van der Waals surface area contributed by atoms with Crippen molar-refractivity contribution in [3.8, 4) is 0 Å². The molecule has 2 N–H and O–H groups in total. The molecule has 1 aromatic heterocycles. The Hall–Kier alpha value is -1.49. The highest BCUT2D eigenvalue weighted by Gasteiger charge is 2.25. The molecule has 74 valence electrons. The van der Waals surface area contributed by atoms with E-state index in [4.69, 9.17) is 5.73 Å². The van der Waals surface area contributed by atoms with E-state index in [0.29, 0.717) is 13.1 Å². The molecular formula is C9H12N4O. The van der Waals surface area contributed by atoms with E-state index in [0.717, 1.165) is 6.42 Å². The molecule has 1 atom stereocenters. The van der Waals surface area contributed by atoms with E-state index in [1.165, 1.54) is 0 Å². The molecule has 5 heteroatoms. The van der Waals surface area contributed by atoms with Crippen LogP contribution in [0.3, 0.4) is 0 Å². The third-order valence-corrected chi connectivity index (χ3v) is 2.27. The first-order valence-corrected chi connectivity index (χ1v) is 4.59. The molecule has 1 saturated heterocycles. The molecule has 1 aliphatic rings. The number of hydrogen-bond donors (Lipinski definition) is 1. The second-order valence-electron chi connectivity index (χ2n) is 3.37. The van der Waals surface area contributed by atoms with Gasteiger partial charge in [0.25, 0.3) is 5.91 Å². The maximum absolute atomic E-state index is 11.7. The summed E-state index contributed by atoms with van der Waals surface area (Å²) in [5.74, 6) is 0.125. The van der Waals surface area contributed by atoms with Gasteiger partial charge in [0.05, 0.1) is 0 Å². The van der Waals surface area contributed by atoms with Crippen molar-refractivity contribution in [1.82, 2.24) is 14.9 Å². The summed E-state index contributed by atoms with van der Waals surface area (Å²) >= 11 is 0. The van der Waals surface area contributed by atoms with Crippen molar-refractivity contribution in [2.24, 2.45) is 5.73 Å². The third kappa shape index (κ3) is 1.72. The number of likely N-dealkylation sites (tertiary alicyclic amines) is 1. The molecule has 2 heterocycles. The molecule has 0 spiro atoms. The SMILES string of the molecule is NC1CCN(C(=O)c2ncccn2)C1. The van der Waals surface area contributed by atoms with E-state index >= 15 is 0 Å². The Bertz CT molecular complexity index is 327. The minimum Gasteiger partial charge on any atom is -0.334 e. The smallest absolute Gasteiger partial charge is 0.291 e. The lowest BCUT2D eigenvalue weighted by Crippen LogP contribution is -2.32. The molecule has 1 fully saturated rings. The maximum Gasteiger partial charge on any atom is 0.291 e. The molecular weight excluding hydrogens is 180 g/mol. The summed E-state index contributed by atoms with van der Waals surface area (Å²) in [5.41, 5.74) is 5.71. The zero-order valence-electron chi connectivity index (χ0n) is 7.76. The fourth-order valence-electron chi connectivity index (χ4n) is 1.52. The average molecular weight is 192 g/mol. The summed E-state index contributed by atoms with van der Waals surface area (Å²) in [5, 5.41) is 0. The van der Waals surface area contributed by atoms with Crippen molar-refractivity contribution in [3.63, 3.8) is 0 Å². The molecule has 1 amide bonds. The Kier molecular flexibility index (Phi) is 2.41. The second kappa shape index (κ2) is 3.71. The summed E-state index contributed by atoms with van der Waals surface area (Å²) in [6.45, 7) is 1.31. The Morgan fingerprint density at radius 3 is 2.79 bits per heavy atom. The summed E-state index contributed by atoms with van der Waals surface area (Å²) in [4.78, 5) is 21.2. The van der Waals surface area contributed by atoms with Crippen molar-refractivity contribution < 1.29 is 4.79 Å². The predicted octanol–water partition coefficient (Wildman–Crippen LogP) is -0.350. The molecule has 0 radical (unpaired) electrons. The number of amides is 1. The van der Waals surface area contributed by atoms with Crippen molar-refractivity contribution >= 4 is 5.91 Å². The Balaban J connectivity index is 2.10. The number of hydrogen-bond acceptors (Lipinski definition) is 4. The van der Waals surface area contributed by atoms with Crippen LogP contribution in [-0.2, 0) is 0 Å². The van der Waals surface area contributed by atoms with Gasteiger partial charge in [-0.15, -0.1) is 0 Å². The van der Waals surface area contributed by atoms with E-state index in [-0.39, 0.29) is 17.8 Å². The Morgan fingerprint density at radius 2 is 2.21 bits per heavy atom. The van der Waals surface area contributed by atoms with E-state index in [1.54, 1.807) is 23.4 Å². The highest BCUT2D eigenvalue weighted by atomic mass is 16.2. The predicted molar refractivity (Wildman–Crippen MR) is 50.5 cm³/mol. The lowest BCUT2D eigenvalue weighted by molar-refractivity contribution is 0.0778.